The summed E-state index contributed by atoms with van der Waals surface area (Å²) in [5.74, 6) is 0.763. The van der Waals surface area contributed by atoms with E-state index in [1.165, 1.54) is 0 Å². The van der Waals surface area contributed by atoms with E-state index < -0.39 is 0 Å². The number of carbonyl (C=O) groups excluding carboxylic acids is 2. The van der Waals surface area contributed by atoms with Crippen molar-refractivity contribution in [1.82, 2.24) is 15.4 Å². The Balaban J connectivity index is 1.32. The van der Waals surface area contributed by atoms with Crippen molar-refractivity contribution >= 4 is 23.0 Å². The Morgan fingerprint density at radius 1 is 1.38 bits per heavy atom. The van der Waals surface area contributed by atoms with Crippen LogP contribution in [0.15, 0.2) is 28.1 Å². The van der Waals surface area contributed by atoms with Gasteiger partial charge in [0, 0.05) is 25.6 Å². The molecule has 0 saturated carbocycles. The van der Waals surface area contributed by atoms with Crippen molar-refractivity contribution in [1.29, 1.82) is 0 Å². The fourth-order valence-corrected chi connectivity index (χ4v) is 3.40. The summed E-state index contributed by atoms with van der Waals surface area (Å²) >= 11 is 1.55. The number of Topliss-reactive ketones (excluding diaryl/α,β-unsaturated/α-hetero) is 1. The van der Waals surface area contributed by atoms with Crippen molar-refractivity contribution in [2.45, 2.75) is 25.7 Å². The monoisotopic (exact) mass is 347 g/mol. The molecule has 3 heterocycles. The molecule has 0 aliphatic carbocycles. The number of hydrogen-bond donors (Lipinski definition) is 1. The molecule has 1 fully saturated rings. The predicted molar refractivity (Wildman–Crippen MR) is 92.1 cm³/mol. The molecule has 1 aliphatic rings. The molecular formula is C17H21N3O3S. The van der Waals surface area contributed by atoms with E-state index in [9.17, 15) is 9.59 Å². The van der Waals surface area contributed by atoms with Crippen molar-refractivity contribution < 1.29 is 14.1 Å². The van der Waals surface area contributed by atoms with Gasteiger partial charge in [0.2, 0.25) is 0 Å². The fraction of sp³-hybridized carbons (Fsp3) is 0.471. The minimum absolute atomic E-state index is 0.202. The van der Waals surface area contributed by atoms with Crippen molar-refractivity contribution in [3.8, 4) is 10.6 Å². The maximum absolute atomic E-state index is 12.0. The summed E-state index contributed by atoms with van der Waals surface area (Å²) in [6.07, 6.45) is 3.70. The number of nitrogens with one attached hydrogen (secondary N) is 1. The Bertz CT molecular complexity index is 681. The minimum atomic E-state index is -0.202. The summed E-state index contributed by atoms with van der Waals surface area (Å²) < 4.78 is 5.21. The Morgan fingerprint density at radius 2 is 2.29 bits per heavy atom. The van der Waals surface area contributed by atoms with Crippen LogP contribution >= 0.6 is 11.3 Å². The van der Waals surface area contributed by atoms with E-state index in [0.717, 1.165) is 37.2 Å². The Hall–Kier alpha value is -1.99. The number of likely N-dealkylation sites (tertiary alicyclic amines) is 1. The number of unbranched alkanes of at least 4 members (excludes halogenated alkanes) is 2. The molecule has 2 aromatic rings. The lowest BCUT2D eigenvalue weighted by Crippen LogP contribution is -2.25. The Morgan fingerprint density at radius 3 is 3.04 bits per heavy atom. The van der Waals surface area contributed by atoms with Crippen LogP contribution in [0.2, 0.25) is 0 Å². The van der Waals surface area contributed by atoms with Crippen molar-refractivity contribution in [2.75, 3.05) is 26.2 Å². The van der Waals surface area contributed by atoms with Gasteiger partial charge in [0.1, 0.15) is 5.78 Å². The number of thiophene rings is 1. The molecule has 0 radical (unpaired) electrons. The van der Waals surface area contributed by atoms with Gasteiger partial charge in [-0.25, -0.2) is 0 Å². The van der Waals surface area contributed by atoms with Crippen LogP contribution in [0.3, 0.4) is 0 Å². The third-order valence-corrected chi connectivity index (χ3v) is 4.93. The number of ketones is 1. The van der Waals surface area contributed by atoms with Crippen LogP contribution in [-0.2, 0) is 4.79 Å². The van der Waals surface area contributed by atoms with Gasteiger partial charge in [0.15, 0.2) is 11.5 Å². The third-order valence-electron chi connectivity index (χ3n) is 4.05. The molecule has 0 atom stereocenters. The van der Waals surface area contributed by atoms with Gasteiger partial charge in [-0.15, -0.1) is 11.3 Å². The van der Waals surface area contributed by atoms with Crippen molar-refractivity contribution in [3.05, 3.63) is 29.3 Å². The molecule has 0 spiro atoms. The molecule has 7 heteroatoms. The quantitative estimate of drug-likeness (QED) is 0.743. The normalized spacial score (nSPS) is 15.1. The van der Waals surface area contributed by atoms with E-state index in [1.807, 2.05) is 17.5 Å². The molecule has 6 nitrogen and oxygen atoms in total. The summed E-state index contributed by atoms with van der Waals surface area (Å²) in [6, 6.07) is 5.53. The molecule has 3 rings (SSSR count). The second-order valence-corrected chi connectivity index (χ2v) is 6.88. The molecule has 1 amide bonds. The Labute approximate surface area is 144 Å². The molecule has 1 aliphatic heterocycles. The van der Waals surface area contributed by atoms with Crippen LogP contribution in [0.4, 0.5) is 0 Å². The largest absolute Gasteiger partial charge is 0.355 e. The average molecular weight is 347 g/mol. The van der Waals surface area contributed by atoms with Gasteiger partial charge in [0.25, 0.3) is 5.91 Å². The lowest BCUT2D eigenvalue weighted by atomic mass is 10.2. The van der Waals surface area contributed by atoms with Gasteiger partial charge in [-0.3, -0.25) is 14.5 Å². The van der Waals surface area contributed by atoms with Crippen LogP contribution in [0.1, 0.15) is 36.2 Å². The van der Waals surface area contributed by atoms with Gasteiger partial charge in [-0.05, 0) is 30.8 Å². The van der Waals surface area contributed by atoms with Crippen LogP contribution in [0.5, 0.6) is 0 Å². The highest BCUT2D eigenvalue weighted by Crippen LogP contribution is 2.25. The van der Waals surface area contributed by atoms with E-state index in [2.05, 4.69) is 15.4 Å². The van der Waals surface area contributed by atoms with Crippen molar-refractivity contribution in [2.24, 2.45) is 0 Å². The Kier molecular flexibility index (Phi) is 5.77. The number of hydrogen-bond acceptors (Lipinski definition) is 6. The molecule has 1 N–H and O–H groups in total. The summed E-state index contributed by atoms with van der Waals surface area (Å²) in [6.45, 7) is 3.09. The smallest absolute Gasteiger partial charge is 0.273 e. The lowest BCUT2D eigenvalue weighted by Gasteiger charge is -2.12. The van der Waals surface area contributed by atoms with E-state index in [1.54, 1.807) is 17.4 Å². The summed E-state index contributed by atoms with van der Waals surface area (Å²) in [4.78, 5) is 26.4. The first-order valence-electron chi connectivity index (χ1n) is 8.25. The van der Waals surface area contributed by atoms with Gasteiger partial charge >= 0.3 is 0 Å². The highest BCUT2D eigenvalue weighted by atomic mass is 32.1. The number of amides is 1. The van der Waals surface area contributed by atoms with Gasteiger partial charge < -0.3 is 9.84 Å². The topological polar surface area (TPSA) is 75.4 Å². The maximum atomic E-state index is 12.0. The minimum Gasteiger partial charge on any atom is -0.355 e. The fourth-order valence-electron chi connectivity index (χ4n) is 2.73. The average Bonchev–Trinajstić information content (AvgIpc) is 3.30. The predicted octanol–water partition coefficient (Wildman–Crippen LogP) is 2.58. The highest BCUT2D eigenvalue weighted by molar-refractivity contribution is 7.13. The first-order valence-corrected chi connectivity index (χ1v) is 9.13. The summed E-state index contributed by atoms with van der Waals surface area (Å²) in [5, 5.41) is 8.65. The number of carbonyl (C=O) groups is 2. The second-order valence-electron chi connectivity index (χ2n) is 5.94. The SMILES string of the molecule is O=C1CCN(CCCCCNC(=O)c2cc(-c3cccs3)on2)C1. The zero-order chi connectivity index (χ0) is 16.8. The lowest BCUT2D eigenvalue weighted by molar-refractivity contribution is -0.116. The van der Waals surface area contributed by atoms with E-state index in [4.69, 9.17) is 4.52 Å². The number of rotatable bonds is 8. The summed E-state index contributed by atoms with van der Waals surface area (Å²) in [7, 11) is 0. The maximum Gasteiger partial charge on any atom is 0.273 e. The van der Waals surface area contributed by atoms with Gasteiger partial charge in [-0.2, -0.15) is 0 Å². The zero-order valence-electron chi connectivity index (χ0n) is 13.5. The molecule has 2 aromatic heterocycles. The van der Waals surface area contributed by atoms with Crippen LogP contribution in [0, 0.1) is 0 Å². The van der Waals surface area contributed by atoms with E-state index >= 15 is 0 Å². The van der Waals surface area contributed by atoms with Gasteiger partial charge in [0.05, 0.1) is 11.4 Å². The van der Waals surface area contributed by atoms with Crippen LogP contribution < -0.4 is 5.32 Å². The second kappa shape index (κ2) is 8.21. The molecule has 1 saturated heterocycles. The molecule has 0 aromatic carbocycles. The number of aromatic nitrogens is 1. The van der Waals surface area contributed by atoms with Gasteiger partial charge in [-0.1, -0.05) is 17.6 Å². The molecule has 0 bridgehead atoms. The number of nitrogens with zero attached hydrogens (tertiary/aromatic N) is 2. The standard InChI is InChI=1S/C17H21N3O3S/c21-13-6-9-20(12-13)8-3-1-2-7-18-17(22)14-11-15(23-19-14)16-5-4-10-24-16/h4-5,10-11H,1-3,6-9,12H2,(H,18,22). The van der Waals surface area contributed by atoms with E-state index in [-0.39, 0.29) is 5.91 Å². The molecule has 128 valence electrons. The van der Waals surface area contributed by atoms with E-state index in [0.29, 0.717) is 36.7 Å². The molecule has 24 heavy (non-hydrogen) atoms. The first kappa shape index (κ1) is 16.9. The molecular weight excluding hydrogens is 326 g/mol. The van der Waals surface area contributed by atoms with Crippen LogP contribution in [-0.4, -0.2) is 47.9 Å². The van der Waals surface area contributed by atoms with Crippen LogP contribution in [0.25, 0.3) is 10.6 Å². The zero-order valence-corrected chi connectivity index (χ0v) is 14.3. The molecule has 0 unspecified atom stereocenters. The summed E-state index contributed by atoms with van der Waals surface area (Å²) in [5.41, 5.74) is 0.314. The highest BCUT2D eigenvalue weighted by Gasteiger charge is 2.18. The first-order chi connectivity index (χ1) is 11.7. The third kappa shape index (κ3) is 4.52. The van der Waals surface area contributed by atoms with Crippen molar-refractivity contribution in [3.63, 3.8) is 0 Å².